The van der Waals surface area contributed by atoms with Crippen LogP contribution in [0.5, 0.6) is 0 Å². The lowest BCUT2D eigenvalue weighted by atomic mass is 9.87. The molecule has 3 rings (SSSR count). The third-order valence-electron chi connectivity index (χ3n) is 5.20. The molecule has 0 aromatic heterocycles. The van der Waals surface area contributed by atoms with Gasteiger partial charge in [-0.2, -0.15) is 0 Å². The molecule has 1 aromatic rings. The van der Waals surface area contributed by atoms with Gasteiger partial charge < -0.3 is 5.32 Å². The Balaban J connectivity index is 1.82. The number of rotatable bonds is 2. The van der Waals surface area contributed by atoms with Crippen molar-refractivity contribution in [1.82, 2.24) is 10.2 Å². The lowest BCUT2D eigenvalue weighted by molar-refractivity contribution is 0.0217. The van der Waals surface area contributed by atoms with Gasteiger partial charge in [0.1, 0.15) is 5.82 Å². The molecule has 116 valence electrons. The van der Waals surface area contributed by atoms with E-state index >= 15 is 0 Å². The number of hydrogen-bond donors (Lipinski definition) is 1. The van der Waals surface area contributed by atoms with Crippen LogP contribution < -0.4 is 5.32 Å². The fraction of sp³-hybridized carbons (Fsp3) is 0.647. The number of nitrogens with zero attached hydrogens (tertiary/aromatic N) is 1. The van der Waals surface area contributed by atoms with Crippen molar-refractivity contribution < 1.29 is 4.39 Å². The minimum absolute atomic E-state index is 0.0590. The van der Waals surface area contributed by atoms with E-state index < -0.39 is 0 Å². The van der Waals surface area contributed by atoms with Gasteiger partial charge in [0, 0.05) is 30.7 Å². The van der Waals surface area contributed by atoms with Crippen LogP contribution in [0, 0.1) is 5.82 Å². The highest BCUT2D eigenvalue weighted by Crippen LogP contribution is 2.37. The van der Waals surface area contributed by atoms with E-state index in [1.54, 1.807) is 6.07 Å². The first-order valence-electron chi connectivity index (χ1n) is 7.85. The van der Waals surface area contributed by atoms with Crippen molar-refractivity contribution in [1.29, 1.82) is 0 Å². The van der Waals surface area contributed by atoms with Crippen LogP contribution in [0.2, 0.25) is 5.02 Å². The smallest absolute Gasteiger partial charge is 0.142 e. The van der Waals surface area contributed by atoms with E-state index in [2.05, 4.69) is 24.1 Å². The van der Waals surface area contributed by atoms with Crippen LogP contribution in [-0.4, -0.2) is 29.1 Å². The monoisotopic (exact) mass is 310 g/mol. The van der Waals surface area contributed by atoms with E-state index in [0.717, 1.165) is 18.7 Å². The van der Waals surface area contributed by atoms with Gasteiger partial charge in [-0.15, -0.1) is 0 Å². The van der Waals surface area contributed by atoms with Gasteiger partial charge in [0.05, 0.1) is 5.02 Å². The molecule has 1 heterocycles. The van der Waals surface area contributed by atoms with Crippen molar-refractivity contribution in [2.24, 2.45) is 0 Å². The number of nitrogens with one attached hydrogen (secondary N) is 1. The summed E-state index contributed by atoms with van der Waals surface area (Å²) in [5.74, 6) is -0.322. The van der Waals surface area contributed by atoms with Crippen molar-refractivity contribution in [3.63, 3.8) is 0 Å². The lowest BCUT2D eigenvalue weighted by Gasteiger charge is -2.51. The highest BCUT2D eigenvalue weighted by atomic mass is 35.5. The van der Waals surface area contributed by atoms with Crippen molar-refractivity contribution >= 4 is 11.6 Å². The molecular formula is C17H24ClFN2. The normalized spacial score (nSPS) is 24.6. The maximum atomic E-state index is 13.7. The molecule has 2 nitrogen and oxygen atoms in total. The van der Waals surface area contributed by atoms with E-state index in [1.807, 2.05) is 6.07 Å². The Morgan fingerprint density at radius 1 is 1.29 bits per heavy atom. The average molecular weight is 311 g/mol. The summed E-state index contributed by atoms with van der Waals surface area (Å²) in [4.78, 5) is 2.47. The summed E-state index contributed by atoms with van der Waals surface area (Å²) in [6.45, 7) is 7.20. The van der Waals surface area contributed by atoms with Gasteiger partial charge in [0.25, 0.3) is 0 Å². The van der Waals surface area contributed by atoms with Gasteiger partial charge in [-0.25, -0.2) is 4.39 Å². The fourth-order valence-corrected chi connectivity index (χ4v) is 3.87. The summed E-state index contributed by atoms with van der Waals surface area (Å²) < 4.78 is 13.7. The molecule has 0 unspecified atom stereocenters. The maximum absolute atomic E-state index is 13.7. The van der Waals surface area contributed by atoms with Gasteiger partial charge in [0.15, 0.2) is 0 Å². The lowest BCUT2D eigenvalue weighted by Crippen LogP contribution is -2.66. The van der Waals surface area contributed by atoms with Crippen LogP contribution in [0.25, 0.3) is 0 Å². The van der Waals surface area contributed by atoms with Crippen LogP contribution >= 0.6 is 11.6 Å². The van der Waals surface area contributed by atoms with Crippen molar-refractivity contribution in [3.05, 3.63) is 34.6 Å². The van der Waals surface area contributed by atoms with Gasteiger partial charge >= 0.3 is 0 Å². The molecular weight excluding hydrogens is 287 g/mol. The zero-order valence-electron chi connectivity index (χ0n) is 12.9. The third-order valence-corrected chi connectivity index (χ3v) is 5.62. The molecule has 0 amide bonds. The Kier molecular flexibility index (Phi) is 4.02. The molecule has 0 radical (unpaired) electrons. The minimum Gasteiger partial charge on any atom is -0.308 e. The zero-order valence-corrected chi connectivity index (χ0v) is 13.6. The molecule has 1 saturated heterocycles. The Bertz CT molecular complexity index is 524. The minimum atomic E-state index is -0.322. The Hall–Kier alpha value is -0.640. The number of benzene rings is 1. The fourth-order valence-electron chi connectivity index (χ4n) is 3.68. The number of halogens is 2. The highest BCUT2D eigenvalue weighted by Gasteiger charge is 2.44. The van der Waals surface area contributed by atoms with Gasteiger partial charge in [-0.1, -0.05) is 36.6 Å². The quantitative estimate of drug-likeness (QED) is 0.889. The van der Waals surface area contributed by atoms with Crippen LogP contribution in [-0.2, 0) is 6.54 Å². The molecule has 4 heteroatoms. The first-order valence-corrected chi connectivity index (χ1v) is 8.23. The predicted octanol–water partition coefficient (Wildman–Crippen LogP) is 3.98. The second kappa shape index (κ2) is 5.53. The first kappa shape index (κ1) is 15.3. The topological polar surface area (TPSA) is 15.3 Å². The average Bonchev–Trinajstić information content (AvgIpc) is 2.89. The molecule has 2 fully saturated rings. The first-order chi connectivity index (χ1) is 9.92. The van der Waals surface area contributed by atoms with Crippen LogP contribution in [0.4, 0.5) is 4.39 Å². The van der Waals surface area contributed by atoms with Crippen molar-refractivity contribution in [2.45, 2.75) is 57.2 Å². The van der Waals surface area contributed by atoms with Crippen molar-refractivity contribution in [2.75, 3.05) is 13.1 Å². The Morgan fingerprint density at radius 2 is 2.00 bits per heavy atom. The molecule has 0 bridgehead atoms. The van der Waals surface area contributed by atoms with E-state index in [-0.39, 0.29) is 21.9 Å². The molecule has 0 atom stereocenters. The highest BCUT2D eigenvalue weighted by molar-refractivity contribution is 6.31. The Labute approximate surface area is 131 Å². The molecule has 1 N–H and O–H groups in total. The van der Waals surface area contributed by atoms with E-state index in [9.17, 15) is 4.39 Å². The molecule has 1 spiro atoms. The summed E-state index contributed by atoms with van der Waals surface area (Å²) in [5, 5.41) is 4.05. The van der Waals surface area contributed by atoms with Gasteiger partial charge in [0.2, 0.25) is 0 Å². The van der Waals surface area contributed by atoms with Crippen LogP contribution in [0.3, 0.4) is 0 Å². The van der Waals surface area contributed by atoms with Crippen molar-refractivity contribution in [3.8, 4) is 0 Å². The van der Waals surface area contributed by atoms with Gasteiger partial charge in [-0.05, 0) is 38.3 Å². The zero-order chi connectivity index (χ0) is 15.1. The van der Waals surface area contributed by atoms with E-state index in [4.69, 9.17) is 11.6 Å². The van der Waals surface area contributed by atoms with E-state index in [1.165, 1.54) is 31.7 Å². The summed E-state index contributed by atoms with van der Waals surface area (Å²) in [6, 6.07) is 5.11. The van der Waals surface area contributed by atoms with Crippen LogP contribution in [0.1, 0.15) is 45.1 Å². The Morgan fingerprint density at radius 3 is 2.71 bits per heavy atom. The molecule has 1 aliphatic carbocycles. The second-order valence-electron chi connectivity index (χ2n) is 7.22. The van der Waals surface area contributed by atoms with Crippen LogP contribution in [0.15, 0.2) is 18.2 Å². The number of hydrogen-bond acceptors (Lipinski definition) is 2. The molecule has 1 saturated carbocycles. The second-order valence-corrected chi connectivity index (χ2v) is 7.60. The standard InChI is InChI=1S/C17H24ClFN2/c1-16(2)11-20-17(8-3-4-9-17)12-21(16)10-13-6-5-7-14(19)15(13)18/h5-7,20H,3-4,8-12H2,1-2H3. The van der Waals surface area contributed by atoms with E-state index in [0.29, 0.717) is 6.54 Å². The molecule has 21 heavy (non-hydrogen) atoms. The summed E-state index contributed by atoms with van der Waals surface area (Å²) >= 11 is 6.14. The predicted molar refractivity (Wildman–Crippen MR) is 85.1 cm³/mol. The summed E-state index contributed by atoms with van der Waals surface area (Å²) in [5.41, 5.74) is 1.21. The number of piperazine rings is 1. The molecule has 1 aliphatic heterocycles. The van der Waals surface area contributed by atoms with Gasteiger partial charge in [-0.3, -0.25) is 4.90 Å². The molecule has 1 aromatic carbocycles. The third kappa shape index (κ3) is 2.96. The maximum Gasteiger partial charge on any atom is 0.142 e. The summed E-state index contributed by atoms with van der Waals surface area (Å²) in [6.07, 6.45) is 5.11. The molecule has 2 aliphatic rings. The summed E-state index contributed by atoms with van der Waals surface area (Å²) in [7, 11) is 0. The largest absolute Gasteiger partial charge is 0.308 e. The SMILES string of the molecule is CC1(C)CNC2(CCCC2)CN1Cc1cccc(F)c1Cl.